The maximum atomic E-state index is 4.52. The van der Waals surface area contributed by atoms with Gasteiger partial charge in [0, 0.05) is 37.9 Å². The third-order valence-corrected chi connectivity index (χ3v) is 3.03. The van der Waals surface area contributed by atoms with Gasteiger partial charge in [-0.15, -0.1) is 0 Å². The molecule has 0 amide bonds. The lowest BCUT2D eigenvalue weighted by molar-refractivity contribution is 0.628. The van der Waals surface area contributed by atoms with E-state index >= 15 is 0 Å². The Morgan fingerprint density at radius 2 is 2.24 bits per heavy atom. The summed E-state index contributed by atoms with van der Waals surface area (Å²) < 4.78 is 0. The zero-order valence-corrected chi connectivity index (χ0v) is 11.1. The van der Waals surface area contributed by atoms with Crippen LogP contribution in [-0.4, -0.2) is 24.6 Å². The van der Waals surface area contributed by atoms with Crippen molar-refractivity contribution >= 4 is 5.82 Å². The van der Waals surface area contributed by atoms with Crippen LogP contribution in [0.2, 0.25) is 0 Å². The van der Waals surface area contributed by atoms with E-state index in [0.29, 0.717) is 5.92 Å². The summed E-state index contributed by atoms with van der Waals surface area (Å²) >= 11 is 0. The fourth-order valence-electron chi connectivity index (χ4n) is 2.09. The van der Waals surface area contributed by atoms with Crippen LogP contribution in [0.1, 0.15) is 32.3 Å². The van der Waals surface area contributed by atoms with Crippen molar-refractivity contribution in [2.45, 2.75) is 39.3 Å². The molecular formula is C14H23N3. The molecule has 1 aromatic rings. The average Bonchev–Trinajstić information content (AvgIpc) is 3.09. The number of hydrogen-bond donors (Lipinski definition) is 1. The van der Waals surface area contributed by atoms with E-state index < -0.39 is 0 Å². The van der Waals surface area contributed by atoms with E-state index in [0.717, 1.165) is 24.9 Å². The Morgan fingerprint density at radius 1 is 1.47 bits per heavy atom. The molecule has 0 aliphatic heterocycles. The molecule has 17 heavy (non-hydrogen) atoms. The maximum Gasteiger partial charge on any atom is 0.132 e. The molecule has 1 saturated carbocycles. The predicted molar refractivity (Wildman–Crippen MR) is 72.2 cm³/mol. The van der Waals surface area contributed by atoms with Crippen molar-refractivity contribution in [2.24, 2.45) is 5.92 Å². The summed E-state index contributed by atoms with van der Waals surface area (Å²) in [5, 5.41) is 3.55. The Bertz CT molecular complexity index is 358. The summed E-state index contributed by atoms with van der Waals surface area (Å²) in [7, 11) is 2.13. The largest absolute Gasteiger partial charge is 0.359 e. The van der Waals surface area contributed by atoms with Crippen molar-refractivity contribution in [3.63, 3.8) is 0 Å². The van der Waals surface area contributed by atoms with Crippen molar-refractivity contribution in [3.05, 3.63) is 23.9 Å². The van der Waals surface area contributed by atoms with E-state index in [1.54, 1.807) is 0 Å². The molecule has 1 heterocycles. The minimum Gasteiger partial charge on any atom is -0.359 e. The molecule has 1 N–H and O–H groups in total. The zero-order chi connectivity index (χ0) is 12.3. The van der Waals surface area contributed by atoms with Gasteiger partial charge in [0.25, 0.3) is 0 Å². The summed E-state index contributed by atoms with van der Waals surface area (Å²) in [5.74, 6) is 1.78. The molecular weight excluding hydrogens is 210 g/mol. The minimum absolute atomic E-state index is 0.659. The van der Waals surface area contributed by atoms with Crippen molar-refractivity contribution in [1.82, 2.24) is 10.3 Å². The highest BCUT2D eigenvalue weighted by Crippen LogP contribution is 2.22. The predicted octanol–water partition coefficient (Wildman–Crippen LogP) is 2.43. The second kappa shape index (κ2) is 5.50. The van der Waals surface area contributed by atoms with Crippen LogP contribution in [0.5, 0.6) is 0 Å². The first-order chi connectivity index (χ1) is 8.16. The van der Waals surface area contributed by atoms with Crippen LogP contribution in [0, 0.1) is 5.92 Å². The van der Waals surface area contributed by atoms with Crippen molar-refractivity contribution in [1.29, 1.82) is 0 Å². The number of hydrogen-bond acceptors (Lipinski definition) is 3. The van der Waals surface area contributed by atoms with Gasteiger partial charge in [0.2, 0.25) is 0 Å². The van der Waals surface area contributed by atoms with Gasteiger partial charge in [-0.3, -0.25) is 0 Å². The molecule has 3 nitrogen and oxygen atoms in total. The Kier molecular flexibility index (Phi) is 4.00. The molecule has 2 rings (SSSR count). The number of nitrogens with one attached hydrogen (secondary N) is 1. The zero-order valence-electron chi connectivity index (χ0n) is 11.1. The van der Waals surface area contributed by atoms with Gasteiger partial charge >= 0.3 is 0 Å². The number of pyridine rings is 1. The van der Waals surface area contributed by atoms with Crippen molar-refractivity contribution in [3.8, 4) is 0 Å². The second-order valence-corrected chi connectivity index (χ2v) is 5.42. The highest BCUT2D eigenvalue weighted by atomic mass is 15.2. The number of anilines is 1. The third kappa shape index (κ3) is 3.70. The van der Waals surface area contributed by atoms with E-state index in [1.807, 2.05) is 12.3 Å². The van der Waals surface area contributed by atoms with Crippen LogP contribution in [0.25, 0.3) is 0 Å². The molecule has 0 spiro atoms. The lowest BCUT2D eigenvalue weighted by Gasteiger charge is -2.23. The summed E-state index contributed by atoms with van der Waals surface area (Å²) in [6.07, 6.45) is 4.54. The quantitative estimate of drug-likeness (QED) is 0.818. The smallest absolute Gasteiger partial charge is 0.132 e. The molecule has 1 aromatic heterocycles. The number of aromatic nitrogens is 1. The summed E-state index contributed by atoms with van der Waals surface area (Å²) in [6.45, 7) is 6.47. The fraction of sp³-hybridized carbons (Fsp3) is 0.643. The summed E-state index contributed by atoms with van der Waals surface area (Å²) in [5.41, 5.74) is 1.31. The Labute approximate surface area is 104 Å². The first-order valence-corrected chi connectivity index (χ1v) is 6.55. The molecule has 0 atom stereocenters. The lowest BCUT2D eigenvalue weighted by atomic mass is 10.2. The first-order valence-electron chi connectivity index (χ1n) is 6.55. The van der Waals surface area contributed by atoms with Crippen LogP contribution in [0.4, 0.5) is 5.82 Å². The van der Waals surface area contributed by atoms with E-state index in [-0.39, 0.29) is 0 Å². The molecule has 94 valence electrons. The van der Waals surface area contributed by atoms with Gasteiger partial charge in [-0.2, -0.15) is 0 Å². The van der Waals surface area contributed by atoms with Crippen LogP contribution < -0.4 is 10.2 Å². The van der Waals surface area contributed by atoms with Gasteiger partial charge in [-0.1, -0.05) is 19.9 Å². The molecule has 1 aliphatic rings. The third-order valence-electron chi connectivity index (χ3n) is 3.03. The Morgan fingerprint density at radius 3 is 2.88 bits per heavy atom. The molecule has 0 aromatic carbocycles. The molecule has 1 fully saturated rings. The van der Waals surface area contributed by atoms with E-state index in [1.165, 1.54) is 18.4 Å². The molecule has 0 radical (unpaired) electrons. The van der Waals surface area contributed by atoms with Gasteiger partial charge < -0.3 is 10.2 Å². The van der Waals surface area contributed by atoms with E-state index in [9.17, 15) is 0 Å². The van der Waals surface area contributed by atoms with Gasteiger partial charge in [-0.25, -0.2) is 4.98 Å². The maximum absolute atomic E-state index is 4.52. The van der Waals surface area contributed by atoms with Crippen LogP contribution >= 0.6 is 0 Å². The molecule has 1 aliphatic carbocycles. The lowest BCUT2D eigenvalue weighted by Crippen LogP contribution is -2.26. The summed E-state index contributed by atoms with van der Waals surface area (Å²) in [4.78, 5) is 6.77. The first kappa shape index (κ1) is 12.4. The Hall–Kier alpha value is -1.09. The molecule has 0 saturated heterocycles. The number of nitrogens with zero attached hydrogens (tertiary/aromatic N) is 2. The summed E-state index contributed by atoms with van der Waals surface area (Å²) in [6, 6.07) is 4.95. The minimum atomic E-state index is 0.659. The van der Waals surface area contributed by atoms with Gasteiger partial charge in [-0.05, 0) is 24.8 Å². The fourth-order valence-corrected chi connectivity index (χ4v) is 2.09. The standard InChI is InChI=1S/C14H23N3/c1-11(2)10-17(3)14-12(5-4-8-15-14)9-16-13-6-7-13/h4-5,8,11,13,16H,6-7,9-10H2,1-3H3. The van der Waals surface area contributed by atoms with Crippen molar-refractivity contribution in [2.75, 3.05) is 18.5 Å². The topological polar surface area (TPSA) is 28.2 Å². The second-order valence-electron chi connectivity index (χ2n) is 5.42. The Balaban J connectivity index is 2.02. The van der Waals surface area contributed by atoms with Gasteiger partial charge in [0.15, 0.2) is 0 Å². The SMILES string of the molecule is CC(C)CN(C)c1ncccc1CNC1CC1. The van der Waals surface area contributed by atoms with Crippen molar-refractivity contribution < 1.29 is 0 Å². The average molecular weight is 233 g/mol. The van der Waals surface area contributed by atoms with Gasteiger partial charge in [0.1, 0.15) is 5.82 Å². The van der Waals surface area contributed by atoms with E-state index in [4.69, 9.17) is 0 Å². The molecule has 0 unspecified atom stereocenters. The normalized spacial score (nSPS) is 15.3. The van der Waals surface area contributed by atoms with Crippen LogP contribution in [0.3, 0.4) is 0 Å². The highest BCUT2D eigenvalue weighted by Gasteiger charge is 2.21. The van der Waals surface area contributed by atoms with E-state index in [2.05, 4.69) is 42.2 Å². The molecule has 0 bridgehead atoms. The monoisotopic (exact) mass is 233 g/mol. The number of rotatable bonds is 6. The molecule has 3 heteroatoms. The van der Waals surface area contributed by atoms with Gasteiger partial charge in [0.05, 0.1) is 0 Å². The highest BCUT2D eigenvalue weighted by molar-refractivity contribution is 5.45. The van der Waals surface area contributed by atoms with Crippen LogP contribution in [-0.2, 0) is 6.54 Å². The van der Waals surface area contributed by atoms with Crippen LogP contribution in [0.15, 0.2) is 18.3 Å².